The Morgan fingerprint density at radius 1 is 1.22 bits per heavy atom. The minimum absolute atomic E-state index is 0.0695. The van der Waals surface area contributed by atoms with E-state index in [9.17, 15) is 4.39 Å². The first-order chi connectivity index (χ1) is 17.3. The van der Waals surface area contributed by atoms with E-state index in [-0.39, 0.29) is 11.7 Å². The first kappa shape index (κ1) is 23.7. The summed E-state index contributed by atoms with van der Waals surface area (Å²) in [6.07, 6.45) is 8.06. The van der Waals surface area contributed by atoms with Crippen LogP contribution in [0.5, 0.6) is 5.75 Å². The molecule has 1 aromatic carbocycles. The monoisotopic (exact) mass is 493 g/mol. The van der Waals surface area contributed by atoms with E-state index >= 15 is 0 Å². The number of halogens is 1. The zero-order valence-electron chi connectivity index (χ0n) is 21.2. The molecule has 0 spiro atoms. The Bertz CT molecular complexity index is 1240. The molecule has 0 amide bonds. The lowest BCUT2D eigenvalue weighted by Gasteiger charge is -2.38. The number of nitrogens with zero attached hydrogens (tertiary/aromatic N) is 4. The van der Waals surface area contributed by atoms with Gasteiger partial charge in [-0.2, -0.15) is 0 Å². The molecule has 2 aromatic heterocycles. The SMILES string of the molecule is CC1(C)CCC(COc2cccc(-c3cn([C@H]4C[C@@H](CN5CC[C@@H](F)C5)C4)c4ncnc(N)c34)c2)O1. The molecule has 2 N–H and O–H groups in total. The third-order valence-electron chi connectivity index (χ3n) is 8.11. The zero-order chi connectivity index (χ0) is 24.9. The molecule has 0 radical (unpaired) electrons. The highest BCUT2D eigenvalue weighted by molar-refractivity contribution is 6.00. The number of nitrogens with two attached hydrogens (primary N) is 1. The Morgan fingerprint density at radius 2 is 2.08 bits per heavy atom. The summed E-state index contributed by atoms with van der Waals surface area (Å²) in [5, 5.41) is 0.888. The van der Waals surface area contributed by atoms with Gasteiger partial charge in [0.1, 0.15) is 36.3 Å². The van der Waals surface area contributed by atoms with Crippen molar-refractivity contribution in [2.45, 2.75) is 69.9 Å². The van der Waals surface area contributed by atoms with Crippen LogP contribution in [-0.4, -0.2) is 63.6 Å². The second-order valence-corrected chi connectivity index (χ2v) is 11.4. The van der Waals surface area contributed by atoms with Gasteiger partial charge >= 0.3 is 0 Å². The summed E-state index contributed by atoms with van der Waals surface area (Å²) in [6, 6.07) is 8.51. The molecule has 0 bridgehead atoms. The normalized spacial score (nSPS) is 28.0. The lowest BCUT2D eigenvalue weighted by Crippen LogP contribution is -2.36. The van der Waals surface area contributed by atoms with Crippen LogP contribution in [0.25, 0.3) is 22.2 Å². The average molecular weight is 494 g/mol. The molecule has 2 atom stereocenters. The summed E-state index contributed by atoms with van der Waals surface area (Å²) in [5.41, 5.74) is 9.23. The van der Waals surface area contributed by atoms with Crippen molar-refractivity contribution in [3.63, 3.8) is 0 Å². The molecule has 1 aliphatic carbocycles. The van der Waals surface area contributed by atoms with Gasteiger partial charge in [-0.25, -0.2) is 14.4 Å². The lowest BCUT2D eigenvalue weighted by molar-refractivity contribution is -0.0326. The Morgan fingerprint density at radius 3 is 2.83 bits per heavy atom. The number of hydrogen-bond donors (Lipinski definition) is 1. The number of nitrogen functional groups attached to an aromatic ring is 1. The maximum absolute atomic E-state index is 13.6. The molecule has 1 unspecified atom stereocenters. The molecule has 192 valence electrons. The van der Waals surface area contributed by atoms with Crippen LogP contribution < -0.4 is 10.5 Å². The summed E-state index contributed by atoms with van der Waals surface area (Å²) in [7, 11) is 0. The summed E-state index contributed by atoms with van der Waals surface area (Å²) in [5.74, 6) is 1.90. The van der Waals surface area contributed by atoms with Crippen molar-refractivity contribution >= 4 is 16.9 Å². The highest BCUT2D eigenvalue weighted by Gasteiger charge is 2.35. The molecule has 1 saturated carbocycles. The van der Waals surface area contributed by atoms with Crippen LogP contribution >= 0.6 is 0 Å². The van der Waals surface area contributed by atoms with Gasteiger partial charge in [-0.05, 0) is 69.6 Å². The first-order valence-corrected chi connectivity index (χ1v) is 13.2. The number of likely N-dealkylation sites (tertiary alicyclic amines) is 1. The second kappa shape index (κ2) is 9.30. The molecule has 36 heavy (non-hydrogen) atoms. The topological polar surface area (TPSA) is 78.4 Å². The van der Waals surface area contributed by atoms with Crippen LogP contribution in [0.4, 0.5) is 10.2 Å². The molecule has 4 heterocycles. The Balaban J connectivity index is 1.20. The summed E-state index contributed by atoms with van der Waals surface area (Å²) in [6.45, 7) is 7.26. The predicted molar refractivity (Wildman–Crippen MR) is 139 cm³/mol. The van der Waals surface area contributed by atoms with Crippen LogP contribution in [0.3, 0.4) is 0 Å². The molecule has 2 saturated heterocycles. The van der Waals surface area contributed by atoms with Crippen molar-refractivity contribution in [3.05, 3.63) is 36.8 Å². The molecule has 6 rings (SSSR count). The maximum Gasteiger partial charge on any atom is 0.146 e. The Labute approximate surface area is 211 Å². The zero-order valence-corrected chi connectivity index (χ0v) is 21.2. The highest BCUT2D eigenvalue weighted by Crippen LogP contribution is 2.43. The third-order valence-corrected chi connectivity index (χ3v) is 8.11. The summed E-state index contributed by atoms with van der Waals surface area (Å²) in [4.78, 5) is 11.2. The van der Waals surface area contributed by atoms with E-state index in [2.05, 4.69) is 51.6 Å². The van der Waals surface area contributed by atoms with Gasteiger partial charge in [0.05, 0.1) is 17.1 Å². The van der Waals surface area contributed by atoms with Crippen molar-refractivity contribution in [2.75, 3.05) is 32.0 Å². The average Bonchev–Trinajstić information content (AvgIpc) is 3.52. The molecule has 3 fully saturated rings. The number of fused-ring (bicyclic) bond motifs is 1. The van der Waals surface area contributed by atoms with E-state index in [1.54, 1.807) is 6.33 Å². The number of benzene rings is 1. The number of ether oxygens (including phenoxy) is 2. The second-order valence-electron chi connectivity index (χ2n) is 11.4. The van der Waals surface area contributed by atoms with Crippen LogP contribution in [0.15, 0.2) is 36.8 Å². The van der Waals surface area contributed by atoms with Crippen LogP contribution in [-0.2, 0) is 4.74 Å². The molecule has 2 aliphatic heterocycles. The Hall–Kier alpha value is -2.71. The highest BCUT2D eigenvalue weighted by atomic mass is 19.1. The number of anilines is 1. The fourth-order valence-electron chi connectivity index (χ4n) is 6.14. The van der Waals surface area contributed by atoms with Crippen molar-refractivity contribution in [3.8, 4) is 16.9 Å². The molecule has 7 nitrogen and oxygen atoms in total. The quantitative estimate of drug-likeness (QED) is 0.498. The fourth-order valence-corrected chi connectivity index (χ4v) is 6.14. The van der Waals surface area contributed by atoms with Gasteiger partial charge in [0, 0.05) is 37.4 Å². The van der Waals surface area contributed by atoms with Gasteiger partial charge in [-0.1, -0.05) is 12.1 Å². The lowest BCUT2D eigenvalue weighted by atomic mass is 9.79. The van der Waals surface area contributed by atoms with Gasteiger partial charge < -0.3 is 24.7 Å². The number of alkyl halides is 1. The maximum atomic E-state index is 13.6. The molecule has 3 aliphatic rings. The minimum atomic E-state index is -0.659. The van der Waals surface area contributed by atoms with Gasteiger partial charge in [0.25, 0.3) is 0 Å². The van der Waals surface area contributed by atoms with Crippen LogP contribution in [0, 0.1) is 5.92 Å². The minimum Gasteiger partial charge on any atom is -0.491 e. The largest absolute Gasteiger partial charge is 0.491 e. The number of hydrogen-bond acceptors (Lipinski definition) is 6. The van der Waals surface area contributed by atoms with Crippen LogP contribution in [0.1, 0.15) is 52.0 Å². The van der Waals surface area contributed by atoms with Gasteiger partial charge in [-0.15, -0.1) is 0 Å². The molecular weight excluding hydrogens is 457 g/mol. The van der Waals surface area contributed by atoms with Gasteiger partial charge in [-0.3, -0.25) is 0 Å². The Kier molecular flexibility index (Phi) is 6.12. The van der Waals surface area contributed by atoms with E-state index in [1.807, 2.05) is 12.1 Å². The van der Waals surface area contributed by atoms with E-state index < -0.39 is 6.17 Å². The van der Waals surface area contributed by atoms with E-state index in [0.29, 0.717) is 37.4 Å². The smallest absolute Gasteiger partial charge is 0.146 e. The first-order valence-electron chi connectivity index (χ1n) is 13.2. The molecule has 3 aromatic rings. The van der Waals surface area contributed by atoms with Crippen molar-refractivity contribution in [2.24, 2.45) is 5.92 Å². The summed E-state index contributed by atoms with van der Waals surface area (Å²) < 4.78 is 28.0. The van der Waals surface area contributed by atoms with Crippen molar-refractivity contribution in [1.82, 2.24) is 19.4 Å². The van der Waals surface area contributed by atoms with Gasteiger partial charge in [0.2, 0.25) is 0 Å². The number of rotatable bonds is 7. The van der Waals surface area contributed by atoms with Crippen LogP contribution in [0.2, 0.25) is 0 Å². The van der Waals surface area contributed by atoms with Gasteiger partial charge in [0.15, 0.2) is 0 Å². The number of aromatic nitrogens is 3. The van der Waals surface area contributed by atoms with E-state index in [4.69, 9.17) is 15.2 Å². The van der Waals surface area contributed by atoms with E-state index in [1.165, 1.54) is 0 Å². The summed E-state index contributed by atoms with van der Waals surface area (Å²) >= 11 is 0. The standard InChI is InChI=1S/C28H36FN5O2/c1-28(2)8-6-23(36-28)16-35-22-5-3-4-19(12-22)24-15-34(27-25(24)26(30)31-17-32-27)21-10-18(11-21)13-33-9-7-20(29)14-33/h3-5,12,15,17-18,20-21,23H,6-11,13-14,16H2,1-2H3,(H2,30,31,32)/t18-,20-,21+,23?/m1/s1. The van der Waals surface area contributed by atoms with Crippen molar-refractivity contribution in [1.29, 1.82) is 0 Å². The molecule has 8 heteroatoms. The predicted octanol–water partition coefficient (Wildman–Crippen LogP) is 5.01. The fraction of sp³-hybridized carbons (Fsp3) is 0.571. The van der Waals surface area contributed by atoms with Crippen molar-refractivity contribution < 1.29 is 13.9 Å². The van der Waals surface area contributed by atoms with E-state index in [0.717, 1.165) is 66.7 Å². The molecular formula is C28H36FN5O2. The third kappa shape index (κ3) is 4.68.